The number of hydrogen-bond donors (Lipinski definition) is 2. The molecule has 0 bridgehead atoms. The first kappa shape index (κ1) is 13.4. The van der Waals surface area contributed by atoms with Crippen LogP contribution in [0.25, 0.3) is 0 Å². The fourth-order valence-corrected chi connectivity index (χ4v) is 1.74. The minimum Gasteiger partial charge on any atom is -0.452 e. The van der Waals surface area contributed by atoms with Crippen LogP contribution >= 0.6 is 11.6 Å². The van der Waals surface area contributed by atoms with Gasteiger partial charge in [-0.1, -0.05) is 11.6 Å². The average Bonchev–Trinajstić information content (AvgIpc) is 2.42. The van der Waals surface area contributed by atoms with E-state index in [4.69, 9.17) is 21.1 Å². The molecular weight excluding hydrogens is 240 g/mol. The van der Waals surface area contributed by atoms with Gasteiger partial charge in [-0.25, -0.2) is 0 Å². The van der Waals surface area contributed by atoms with E-state index in [2.05, 4.69) is 0 Å². The van der Waals surface area contributed by atoms with Crippen molar-refractivity contribution >= 4 is 23.4 Å². The third-order valence-electron chi connectivity index (χ3n) is 2.23. The first-order chi connectivity index (χ1) is 7.34. The molecule has 16 heavy (non-hydrogen) atoms. The molecule has 2 N–H and O–H groups in total. The molecule has 1 aliphatic heterocycles. The van der Waals surface area contributed by atoms with Crippen molar-refractivity contribution in [2.45, 2.75) is 43.8 Å². The fraction of sp³-hybridized carbons (Fsp3) is 0.778. The summed E-state index contributed by atoms with van der Waals surface area (Å²) < 4.78 is 9.70. The zero-order chi connectivity index (χ0) is 12.5. The summed E-state index contributed by atoms with van der Waals surface area (Å²) in [7, 11) is 0. The minimum atomic E-state index is -1.37. The third-order valence-corrected chi connectivity index (χ3v) is 2.60. The number of esters is 1. The maximum atomic E-state index is 11.2. The minimum absolute atomic E-state index is 0.489. The van der Waals surface area contributed by atoms with Crippen molar-refractivity contribution in [2.24, 2.45) is 0 Å². The highest BCUT2D eigenvalue weighted by Crippen LogP contribution is 2.27. The van der Waals surface area contributed by atoms with Gasteiger partial charge in [0.1, 0.15) is 18.3 Å². The number of rotatable bonds is 3. The van der Waals surface area contributed by atoms with Crippen molar-refractivity contribution in [3.05, 3.63) is 0 Å². The number of hydrogen-bond acceptors (Lipinski definition) is 6. The second-order valence-electron chi connectivity index (χ2n) is 3.57. The van der Waals surface area contributed by atoms with E-state index in [1.54, 1.807) is 0 Å². The van der Waals surface area contributed by atoms with Crippen LogP contribution in [0.1, 0.15) is 13.8 Å². The second kappa shape index (κ2) is 5.09. The van der Waals surface area contributed by atoms with Gasteiger partial charge in [0.15, 0.2) is 17.5 Å². The Labute approximate surface area is 97.1 Å². The van der Waals surface area contributed by atoms with E-state index in [0.717, 1.165) is 6.92 Å². The standard InChI is InChI=1S/C9H13ClO6/c1-3(11)7(15-4(2)12)8-5(13)6(14)9(10)16-8/h5-9,13-14H,1-2H3/t5-,6+,7?,8-,9?/m0/s1. The normalized spacial score (nSPS) is 35.8. The van der Waals surface area contributed by atoms with E-state index in [1.807, 2.05) is 0 Å². The summed E-state index contributed by atoms with van der Waals surface area (Å²) in [5.41, 5.74) is -1.13. The number of halogens is 1. The molecule has 1 fully saturated rings. The summed E-state index contributed by atoms with van der Waals surface area (Å²) in [6.45, 7) is 2.32. The lowest BCUT2D eigenvalue weighted by Gasteiger charge is -2.22. The summed E-state index contributed by atoms with van der Waals surface area (Å²) >= 11 is 5.55. The predicted octanol–water partition coefficient (Wildman–Crippen LogP) is -0.807. The summed E-state index contributed by atoms with van der Waals surface area (Å²) in [5.74, 6) is -1.17. The molecule has 0 saturated carbocycles. The molecule has 1 aliphatic rings. The molecule has 0 radical (unpaired) electrons. The van der Waals surface area contributed by atoms with Crippen LogP contribution in [0.15, 0.2) is 0 Å². The smallest absolute Gasteiger partial charge is 0.303 e. The quantitative estimate of drug-likeness (QED) is 0.504. The lowest BCUT2D eigenvalue weighted by molar-refractivity contribution is -0.163. The number of aliphatic hydroxyl groups excluding tert-OH is 2. The molecule has 0 aromatic carbocycles. The number of alkyl halides is 1. The third kappa shape index (κ3) is 2.70. The number of Topliss-reactive ketones (excluding diaryl/α,β-unsaturated/α-hetero) is 1. The van der Waals surface area contributed by atoms with Gasteiger partial charge in [-0.05, 0) is 6.92 Å². The highest BCUT2D eigenvalue weighted by molar-refractivity contribution is 6.20. The summed E-state index contributed by atoms with van der Waals surface area (Å²) in [6, 6.07) is 0. The maximum absolute atomic E-state index is 11.2. The zero-order valence-electron chi connectivity index (χ0n) is 8.79. The maximum Gasteiger partial charge on any atom is 0.303 e. The summed E-state index contributed by atoms with van der Waals surface area (Å²) in [5, 5.41) is 18.9. The van der Waals surface area contributed by atoms with Gasteiger partial charge in [0, 0.05) is 6.92 Å². The van der Waals surface area contributed by atoms with Gasteiger partial charge >= 0.3 is 5.97 Å². The number of aliphatic hydroxyl groups is 2. The molecule has 0 amide bonds. The van der Waals surface area contributed by atoms with E-state index < -0.39 is 41.7 Å². The van der Waals surface area contributed by atoms with Gasteiger partial charge in [0.05, 0.1) is 0 Å². The monoisotopic (exact) mass is 252 g/mol. The molecule has 92 valence electrons. The molecule has 0 spiro atoms. The van der Waals surface area contributed by atoms with Gasteiger partial charge in [0.25, 0.3) is 0 Å². The zero-order valence-corrected chi connectivity index (χ0v) is 9.55. The Morgan fingerprint density at radius 2 is 1.88 bits per heavy atom. The Balaban J connectivity index is 2.80. The Morgan fingerprint density at radius 3 is 2.19 bits per heavy atom. The van der Waals surface area contributed by atoms with Crippen molar-refractivity contribution in [3.8, 4) is 0 Å². The number of ether oxygens (including phenoxy) is 2. The fourth-order valence-electron chi connectivity index (χ4n) is 1.47. The largest absolute Gasteiger partial charge is 0.452 e. The molecule has 1 heterocycles. The van der Waals surface area contributed by atoms with E-state index in [-0.39, 0.29) is 0 Å². The lowest BCUT2D eigenvalue weighted by atomic mass is 10.0. The lowest BCUT2D eigenvalue weighted by Crippen LogP contribution is -2.44. The summed E-state index contributed by atoms with van der Waals surface area (Å²) in [4.78, 5) is 22.0. The highest BCUT2D eigenvalue weighted by atomic mass is 35.5. The Kier molecular flexibility index (Phi) is 4.26. The highest BCUT2D eigenvalue weighted by Gasteiger charge is 2.48. The van der Waals surface area contributed by atoms with Crippen molar-refractivity contribution < 1.29 is 29.3 Å². The van der Waals surface area contributed by atoms with Crippen LogP contribution in [-0.2, 0) is 19.1 Å². The Morgan fingerprint density at radius 1 is 1.31 bits per heavy atom. The van der Waals surface area contributed by atoms with Crippen LogP contribution < -0.4 is 0 Å². The first-order valence-electron chi connectivity index (χ1n) is 4.68. The van der Waals surface area contributed by atoms with Crippen LogP contribution in [0.5, 0.6) is 0 Å². The molecule has 1 saturated heterocycles. The van der Waals surface area contributed by atoms with Crippen molar-refractivity contribution in [1.82, 2.24) is 0 Å². The number of ketones is 1. The SMILES string of the molecule is CC(=O)OC(C(C)=O)[C@H]1OC(Cl)[C@H](O)[C@@H]1O. The van der Waals surface area contributed by atoms with Gasteiger partial charge in [-0.15, -0.1) is 0 Å². The van der Waals surface area contributed by atoms with Crippen molar-refractivity contribution in [3.63, 3.8) is 0 Å². The molecule has 1 rings (SSSR count). The average molecular weight is 253 g/mol. The van der Waals surface area contributed by atoms with E-state index in [1.165, 1.54) is 6.92 Å². The van der Waals surface area contributed by atoms with Crippen LogP contribution in [-0.4, -0.2) is 51.9 Å². The summed E-state index contributed by atoms with van der Waals surface area (Å²) in [6.07, 6.45) is -5.08. The van der Waals surface area contributed by atoms with Gasteiger partial charge < -0.3 is 19.7 Å². The van der Waals surface area contributed by atoms with Crippen molar-refractivity contribution in [1.29, 1.82) is 0 Å². The van der Waals surface area contributed by atoms with Gasteiger partial charge in [-0.2, -0.15) is 0 Å². The molecule has 0 aromatic rings. The molecule has 6 nitrogen and oxygen atoms in total. The molecule has 0 aromatic heterocycles. The van der Waals surface area contributed by atoms with Gasteiger partial charge in [0.2, 0.25) is 0 Å². The molecule has 0 aliphatic carbocycles. The van der Waals surface area contributed by atoms with Crippen LogP contribution in [0.4, 0.5) is 0 Å². The first-order valence-corrected chi connectivity index (χ1v) is 5.11. The van der Waals surface area contributed by atoms with Crippen LogP contribution in [0.3, 0.4) is 0 Å². The molecule has 7 heteroatoms. The second-order valence-corrected chi connectivity index (χ2v) is 4.00. The molecule has 5 atom stereocenters. The van der Waals surface area contributed by atoms with Crippen molar-refractivity contribution in [2.75, 3.05) is 0 Å². The molecular formula is C9H13ClO6. The Hall–Kier alpha value is -0.690. The van der Waals surface area contributed by atoms with E-state index in [9.17, 15) is 19.8 Å². The number of carbonyl (C=O) groups is 2. The van der Waals surface area contributed by atoms with Crippen LogP contribution in [0.2, 0.25) is 0 Å². The topological polar surface area (TPSA) is 93.1 Å². The van der Waals surface area contributed by atoms with Crippen LogP contribution in [0, 0.1) is 0 Å². The van der Waals surface area contributed by atoms with Gasteiger partial charge in [-0.3, -0.25) is 9.59 Å². The molecule has 2 unspecified atom stereocenters. The predicted molar refractivity (Wildman–Crippen MR) is 52.8 cm³/mol. The number of carbonyl (C=O) groups excluding carboxylic acids is 2. The van der Waals surface area contributed by atoms with E-state index >= 15 is 0 Å². The van der Waals surface area contributed by atoms with E-state index in [0.29, 0.717) is 0 Å². The Bertz CT molecular complexity index is 294.